The molecule has 0 saturated carbocycles. The van der Waals surface area contributed by atoms with Crippen LogP contribution in [-0.4, -0.2) is 70.7 Å². The van der Waals surface area contributed by atoms with Gasteiger partial charge in [0.1, 0.15) is 18.1 Å². The van der Waals surface area contributed by atoms with Gasteiger partial charge in [-0.15, -0.1) is 0 Å². The fraction of sp³-hybridized carbons (Fsp3) is 0.778. The van der Waals surface area contributed by atoms with Gasteiger partial charge in [-0.2, -0.15) is 24.4 Å². The minimum atomic E-state index is -1.13. The SMILES string of the molecule is CSCCC(NC(=O)C(NC(=O)C(CS)NC(=O)C(N)C(C)C)C(C)C)C(=O)O. The van der Waals surface area contributed by atoms with Crippen LogP contribution in [0, 0.1) is 11.8 Å². The van der Waals surface area contributed by atoms with E-state index in [1.807, 2.05) is 6.26 Å². The van der Waals surface area contributed by atoms with Crippen molar-refractivity contribution in [2.75, 3.05) is 17.8 Å². The van der Waals surface area contributed by atoms with E-state index in [-0.39, 0.29) is 24.0 Å². The molecule has 0 aromatic rings. The summed E-state index contributed by atoms with van der Waals surface area (Å²) in [7, 11) is 0. The lowest BCUT2D eigenvalue weighted by Crippen LogP contribution is -2.59. The predicted molar refractivity (Wildman–Crippen MR) is 118 cm³/mol. The number of thioether (sulfide) groups is 1. The molecule has 0 aliphatic rings. The number of carboxylic acids is 1. The van der Waals surface area contributed by atoms with E-state index in [1.165, 1.54) is 11.8 Å². The molecule has 4 atom stereocenters. The molecule has 0 aliphatic carbocycles. The molecule has 0 aliphatic heterocycles. The molecule has 0 saturated heterocycles. The minimum absolute atomic E-state index is 0.0142. The molecule has 6 N–H and O–H groups in total. The highest BCUT2D eigenvalue weighted by Gasteiger charge is 2.31. The molecule has 0 fully saturated rings. The van der Waals surface area contributed by atoms with E-state index in [9.17, 15) is 24.3 Å². The van der Waals surface area contributed by atoms with E-state index in [0.29, 0.717) is 5.75 Å². The van der Waals surface area contributed by atoms with Gasteiger partial charge in [-0.05, 0) is 30.3 Å². The highest BCUT2D eigenvalue weighted by atomic mass is 32.2. The maximum absolute atomic E-state index is 12.6. The van der Waals surface area contributed by atoms with Crippen molar-refractivity contribution in [1.29, 1.82) is 0 Å². The summed E-state index contributed by atoms with van der Waals surface area (Å²) in [6.07, 6.45) is 2.11. The summed E-state index contributed by atoms with van der Waals surface area (Å²) in [6, 6.07) is -3.76. The number of hydrogen-bond donors (Lipinski definition) is 6. The summed E-state index contributed by atoms with van der Waals surface area (Å²) in [5.41, 5.74) is 5.79. The molecule has 29 heavy (non-hydrogen) atoms. The van der Waals surface area contributed by atoms with Crippen molar-refractivity contribution in [3.05, 3.63) is 0 Å². The zero-order chi connectivity index (χ0) is 22.7. The van der Waals surface area contributed by atoms with Crippen LogP contribution in [0.15, 0.2) is 0 Å². The quantitative estimate of drug-likeness (QED) is 0.214. The standard InChI is InChI=1S/C18H34N4O5S2/c1-9(2)13(19)16(24)21-12(8-28)15(23)22-14(10(3)4)17(25)20-11(18(26)27)6-7-29-5/h9-14,28H,6-8,19H2,1-5H3,(H,20,25)(H,21,24)(H,22,23)(H,26,27). The van der Waals surface area contributed by atoms with Gasteiger partial charge in [-0.3, -0.25) is 14.4 Å². The lowest BCUT2D eigenvalue weighted by molar-refractivity contribution is -0.142. The van der Waals surface area contributed by atoms with Crippen molar-refractivity contribution in [2.24, 2.45) is 17.6 Å². The van der Waals surface area contributed by atoms with E-state index in [0.717, 1.165) is 0 Å². The number of nitrogens with one attached hydrogen (secondary N) is 3. The monoisotopic (exact) mass is 450 g/mol. The van der Waals surface area contributed by atoms with Crippen LogP contribution >= 0.6 is 24.4 Å². The first-order chi connectivity index (χ1) is 13.5. The maximum Gasteiger partial charge on any atom is 0.326 e. The zero-order valence-corrected chi connectivity index (χ0v) is 19.3. The number of carbonyl (C=O) groups is 4. The third-order valence-electron chi connectivity index (χ3n) is 4.31. The molecule has 0 rings (SSSR count). The molecule has 3 amide bonds. The lowest BCUT2D eigenvalue weighted by Gasteiger charge is -2.27. The Kier molecular flexibility index (Phi) is 13.0. The number of aliphatic carboxylic acids is 1. The van der Waals surface area contributed by atoms with E-state index in [2.05, 4.69) is 28.6 Å². The van der Waals surface area contributed by atoms with Crippen LogP contribution in [0.5, 0.6) is 0 Å². The molecule has 0 heterocycles. The van der Waals surface area contributed by atoms with Gasteiger partial charge in [0.2, 0.25) is 17.7 Å². The number of thiol groups is 1. The number of hydrogen-bond acceptors (Lipinski definition) is 7. The Bertz CT molecular complexity index is 574. The average Bonchev–Trinajstić information content (AvgIpc) is 2.65. The number of carboxylic acid groups (broad SMARTS) is 1. The Morgan fingerprint density at radius 3 is 1.90 bits per heavy atom. The average molecular weight is 451 g/mol. The largest absolute Gasteiger partial charge is 0.480 e. The van der Waals surface area contributed by atoms with E-state index < -0.39 is 47.9 Å². The molecule has 0 spiro atoms. The fourth-order valence-corrected chi connectivity index (χ4v) is 3.04. The second-order valence-corrected chi connectivity index (χ2v) is 8.78. The van der Waals surface area contributed by atoms with Crippen molar-refractivity contribution < 1.29 is 24.3 Å². The second kappa shape index (κ2) is 13.7. The van der Waals surface area contributed by atoms with Crippen LogP contribution in [0.25, 0.3) is 0 Å². The van der Waals surface area contributed by atoms with Crippen molar-refractivity contribution >= 4 is 48.1 Å². The molecular weight excluding hydrogens is 416 g/mol. The predicted octanol–water partition coefficient (Wildman–Crippen LogP) is -0.152. The number of nitrogens with two attached hydrogens (primary N) is 1. The Morgan fingerprint density at radius 2 is 1.48 bits per heavy atom. The van der Waals surface area contributed by atoms with Gasteiger partial charge in [0, 0.05) is 5.75 Å². The summed E-state index contributed by atoms with van der Waals surface area (Å²) < 4.78 is 0. The molecule has 0 aromatic carbocycles. The highest BCUT2D eigenvalue weighted by Crippen LogP contribution is 2.07. The molecule has 11 heteroatoms. The Hall–Kier alpha value is -1.46. The Morgan fingerprint density at radius 1 is 0.931 bits per heavy atom. The summed E-state index contributed by atoms with van der Waals surface area (Å²) in [5, 5.41) is 16.9. The van der Waals surface area contributed by atoms with Gasteiger partial charge in [0.15, 0.2) is 0 Å². The minimum Gasteiger partial charge on any atom is -0.480 e. The van der Waals surface area contributed by atoms with Gasteiger partial charge in [0.05, 0.1) is 6.04 Å². The van der Waals surface area contributed by atoms with E-state index >= 15 is 0 Å². The van der Waals surface area contributed by atoms with Crippen LogP contribution in [0.1, 0.15) is 34.1 Å². The summed E-state index contributed by atoms with van der Waals surface area (Å²) in [6.45, 7) is 7.03. The fourth-order valence-electron chi connectivity index (χ4n) is 2.31. The molecule has 168 valence electrons. The van der Waals surface area contributed by atoms with Gasteiger partial charge >= 0.3 is 5.97 Å². The van der Waals surface area contributed by atoms with Crippen molar-refractivity contribution in [2.45, 2.75) is 58.3 Å². The van der Waals surface area contributed by atoms with Gasteiger partial charge in [-0.1, -0.05) is 27.7 Å². The molecule has 0 radical (unpaired) electrons. The normalized spacial score (nSPS) is 15.3. The van der Waals surface area contributed by atoms with Crippen LogP contribution < -0.4 is 21.7 Å². The summed E-state index contributed by atoms with van der Waals surface area (Å²) >= 11 is 5.57. The molecule has 0 aromatic heterocycles. The topological polar surface area (TPSA) is 151 Å². The van der Waals surface area contributed by atoms with Crippen LogP contribution in [0.4, 0.5) is 0 Å². The molecule has 0 bridgehead atoms. The molecule has 4 unspecified atom stereocenters. The zero-order valence-electron chi connectivity index (χ0n) is 17.6. The second-order valence-electron chi connectivity index (χ2n) is 7.42. The lowest BCUT2D eigenvalue weighted by atomic mass is 10.0. The first kappa shape index (κ1) is 27.5. The summed E-state index contributed by atoms with van der Waals surface area (Å²) in [5.74, 6) is -2.63. The Balaban J connectivity index is 5.15. The number of rotatable bonds is 13. The van der Waals surface area contributed by atoms with Gasteiger partial charge in [-0.25, -0.2) is 4.79 Å². The van der Waals surface area contributed by atoms with Crippen molar-refractivity contribution in [3.8, 4) is 0 Å². The molecular formula is C18H34N4O5S2. The van der Waals surface area contributed by atoms with Gasteiger partial charge in [0.25, 0.3) is 0 Å². The maximum atomic E-state index is 12.6. The van der Waals surface area contributed by atoms with Crippen LogP contribution in [-0.2, 0) is 19.2 Å². The van der Waals surface area contributed by atoms with Crippen molar-refractivity contribution in [1.82, 2.24) is 16.0 Å². The summed E-state index contributed by atoms with van der Waals surface area (Å²) in [4.78, 5) is 48.7. The first-order valence-electron chi connectivity index (χ1n) is 9.45. The number of amides is 3. The number of carbonyl (C=O) groups excluding carboxylic acids is 3. The van der Waals surface area contributed by atoms with E-state index in [1.54, 1.807) is 27.7 Å². The first-order valence-corrected chi connectivity index (χ1v) is 11.5. The molecule has 9 nitrogen and oxygen atoms in total. The Labute approximate surface area is 182 Å². The smallest absolute Gasteiger partial charge is 0.326 e. The van der Waals surface area contributed by atoms with E-state index in [4.69, 9.17) is 5.73 Å². The highest BCUT2D eigenvalue weighted by molar-refractivity contribution is 7.98. The van der Waals surface area contributed by atoms with Crippen molar-refractivity contribution in [3.63, 3.8) is 0 Å². The van der Waals surface area contributed by atoms with Crippen LogP contribution in [0.2, 0.25) is 0 Å². The third kappa shape index (κ3) is 9.72. The van der Waals surface area contributed by atoms with Gasteiger partial charge < -0.3 is 26.8 Å². The van der Waals surface area contributed by atoms with Crippen LogP contribution in [0.3, 0.4) is 0 Å². The third-order valence-corrected chi connectivity index (χ3v) is 5.32.